The average molecular weight is 348 g/mol. The molecule has 0 saturated heterocycles. The van der Waals surface area contributed by atoms with Crippen LogP contribution in [0, 0.1) is 0 Å². The maximum Gasteiger partial charge on any atom is 0.291 e. The van der Waals surface area contributed by atoms with Gasteiger partial charge in [0.2, 0.25) is 0 Å². The maximum absolute atomic E-state index is 12.3. The Morgan fingerprint density at radius 1 is 1.00 bits per heavy atom. The molecule has 0 fully saturated rings. The minimum Gasteiger partial charge on any atom is -0.459 e. The van der Waals surface area contributed by atoms with Crippen molar-refractivity contribution in [3.8, 4) is 0 Å². The van der Waals surface area contributed by atoms with Gasteiger partial charge in [0, 0.05) is 0 Å². The van der Waals surface area contributed by atoms with Crippen molar-refractivity contribution in [2.45, 2.75) is 4.21 Å². The maximum atomic E-state index is 12.3. The van der Waals surface area contributed by atoms with E-state index >= 15 is 0 Å². The number of nitrogens with one attached hydrogen (secondary N) is 2. The molecule has 23 heavy (non-hydrogen) atoms. The Hall–Kier alpha value is -2.58. The summed E-state index contributed by atoms with van der Waals surface area (Å²) in [7, 11) is -3.69. The van der Waals surface area contributed by atoms with E-state index in [1.807, 2.05) is 0 Å². The van der Waals surface area contributed by atoms with Crippen molar-refractivity contribution >= 4 is 38.6 Å². The fourth-order valence-electron chi connectivity index (χ4n) is 1.88. The van der Waals surface area contributed by atoms with Gasteiger partial charge in [-0.05, 0) is 35.7 Å². The monoisotopic (exact) mass is 348 g/mol. The molecule has 118 valence electrons. The molecule has 0 aliphatic carbocycles. The minimum atomic E-state index is -3.69. The summed E-state index contributed by atoms with van der Waals surface area (Å²) in [6.07, 6.45) is 1.39. The molecule has 1 amide bonds. The molecule has 0 bridgehead atoms. The van der Waals surface area contributed by atoms with Crippen LogP contribution in [0.1, 0.15) is 10.6 Å². The fraction of sp³-hybridized carbons (Fsp3) is 0. The van der Waals surface area contributed by atoms with E-state index in [1.54, 1.807) is 41.8 Å². The van der Waals surface area contributed by atoms with E-state index in [0.29, 0.717) is 5.69 Å². The van der Waals surface area contributed by atoms with Crippen molar-refractivity contribution in [2.75, 3.05) is 10.0 Å². The second-order valence-corrected chi connectivity index (χ2v) is 7.37. The lowest BCUT2D eigenvalue weighted by molar-refractivity contribution is 0.0996. The molecule has 2 N–H and O–H groups in total. The third kappa shape index (κ3) is 3.43. The van der Waals surface area contributed by atoms with Crippen LogP contribution in [0.4, 0.5) is 11.4 Å². The van der Waals surface area contributed by atoms with Crippen LogP contribution in [0.3, 0.4) is 0 Å². The van der Waals surface area contributed by atoms with Crippen LogP contribution >= 0.6 is 11.3 Å². The van der Waals surface area contributed by atoms with Crippen LogP contribution in [0.5, 0.6) is 0 Å². The first-order valence-electron chi connectivity index (χ1n) is 6.56. The summed E-state index contributed by atoms with van der Waals surface area (Å²) in [4.78, 5) is 12.0. The first-order chi connectivity index (χ1) is 11.1. The number of hydrogen-bond acceptors (Lipinski definition) is 5. The largest absolute Gasteiger partial charge is 0.459 e. The lowest BCUT2D eigenvalue weighted by Crippen LogP contribution is -2.16. The van der Waals surface area contributed by atoms with Crippen LogP contribution in [0.15, 0.2) is 68.8 Å². The van der Waals surface area contributed by atoms with Gasteiger partial charge in [-0.1, -0.05) is 18.2 Å². The summed E-state index contributed by atoms with van der Waals surface area (Å²) >= 11 is 1.11. The van der Waals surface area contributed by atoms with Gasteiger partial charge in [0.1, 0.15) is 4.21 Å². The molecule has 3 rings (SSSR count). The topological polar surface area (TPSA) is 88.4 Å². The molecule has 1 aromatic carbocycles. The van der Waals surface area contributed by atoms with Gasteiger partial charge in [0.25, 0.3) is 15.9 Å². The lowest BCUT2D eigenvalue weighted by atomic mass is 10.2. The highest BCUT2D eigenvalue weighted by Gasteiger charge is 2.18. The SMILES string of the molecule is O=C(Nc1ccccc1NS(=O)(=O)c1cccs1)c1ccco1. The van der Waals surface area contributed by atoms with Gasteiger partial charge < -0.3 is 9.73 Å². The summed E-state index contributed by atoms with van der Waals surface area (Å²) in [5.74, 6) is -0.321. The number of furan rings is 1. The van der Waals surface area contributed by atoms with Gasteiger partial charge in [-0.3, -0.25) is 9.52 Å². The third-order valence-electron chi connectivity index (χ3n) is 2.92. The molecule has 0 saturated carbocycles. The van der Waals surface area contributed by atoms with E-state index in [2.05, 4.69) is 10.0 Å². The van der Waals surface area contributed by atoms with Crippen molar-refractivity contribution in [2.24, 2.45) is 0 Å². The standard InChI is InChI=1S/C15H12N2O4S2/c18-15(13-7-3-9-21-13)16-11-5-1-2-6-12(11)17-23(19,20)14-8-4-10-22-14/h1-10,17H,(H,16,18). The van der Waals surface area contributed by atoms with Gasteiger partial charge >= 0.3 is 0 Å². The van der Waals surface area contributed by atoms with Crippen LogP contribution in [-0.2, 0) is 10.0 Å². The smallest absolute Gasteiger partial charge is 0.291 e. The predicted molar refractivity (Wildman–Crippen MR) is 88.2 cm³/mol. The molecule has 2 aromatic heterocycles. The molecule has 0 radical (unpaired) electrons. The molecule has 0 spiro atoms. The van der Waals surface area contributed by atoms with E-state index in [4.69, 9.17) is 4.42 Å². The second-order valence-electron chi connectivity index (χ2n) is 4.51. The van der Waals surface area contributed by atoms with Crippen LogP contribution in [0.2, 0.25) is 0 Å². The summed E-state index contributed by atoms with van der Waals surface area (Å²) < 4.78 is 32.3. The predicted octanol–water partition coefficient (Wildman–Crippen LogP) is 3.39. The van der Waals surface area contributed by atoms with E-state index in [-0.39, 0.29) is 15.7 Å². The number of amides is 1. The first-order valence-corrected chi connectivity index (χ1v) is 8.93. The van der Waals surface area contributed by atoms with Gasteiger partial charge in [0.05, 0.1) is 17.6 Å². The van der Waals surface area contributed by atoms with Crippen molar-refractivity contribution in [3.63, 3.8) is 0 Å². The molecule has 6 nitrogen and oxygen atoms in total. The van der Waals surface area contributed by atoms with E-state index < -0.39 is 15.9 Å². The summed E-state index contributed by atoms with van der Waals surface area (Å²) in [6.45, 7) is 0. The quantitative estimate of drug-likeness (QED) is 0.740. The summed E-state index contributed by atoms with van der Waals surface area (Å²) in [5.41, 5.74) is 0.620. The van der Waals surface area contributed by atoms with E-state index in [0.717, 1.165) is 11.3 Å². The zero-order valence-corrected chi connectivity index (χ0v) is 13.4. The normalized spacial score (nSPS) is 11.1. The van der Waals surface area contributed by atoms with Gasteiger partial charge in [0.15, 0.2) is 5.76 Å². The number of benzene rings is 1. The van der Waals surface area contributed by atoms with Crippen molar-refractivity contribution in [1.82, 2.24) is 0 Å². The molecule has 0 aliphatic heterocycles. The Kier molecular flexibility index (Phi) is 4.18. The molecule has 0 atom stereocenters. The number of carbonyl (C=O) groups excluding carboxylic acids is 1. The van der Waals surface area contributed by atoms with Crippen LogP contribution < -0.4 is 10.0 Å². The number of rotatable bonds is 5. The third-order valence-corrected chi connectivity index (χ3v) is 5.69. The molecule has 0 aliphatic rings. The van der Waals surface area contributed by atoms with E-state index in [9.17, 15) is 13.2 Å². The van der Waals surface area contributed by atoms with Gasteiger partial charge in [-0.25, -0.2) is 8.42 Å². The van der Waals surface area contributed by atoms with Gasteiger partial charge in [-0.15, -0.1) is 11.3 Å². The molecular formula is C15H12N2O4S2. The van der Waals surface area contributed by atoms with E-state index in [1.165, 1.54) is 18.4 Å². The lowest BCUT2D eigenvalue weighted by Gasteiger charge is -2.12. The van der Waals surface area contributed by atoms with Gasteiger partial charge in [-0.2, -0.15) is 0 Å². The highest BCUT2D eigenvalue weighted by Crippen LogP contribution is 2.26. The number of anilines is 2. The minimum absolute atomic E-state index is 0.140. The average Bonchev–Trinajstić information content (AvgIpc) is 3.23. The molecule has 0 unspecified atom stereocenters. The van der Waals surface area contributed by atoms with Crippen LogP contribution in [0.25, 0.3) is 0 Å². The fourth-order valence-corrected chi connectivity index (χ4v) is 3.96. The number of hydrogen-bond donors (Lipinski definition) is 2. The highest BCUT2D eigenvalue weighted by molar-refractivity contribution is 7.94. The Morgan fingerprint density at radius 3 is 2.43 bits per heavy atom. The Labute approximate surface area is 136 Å². The van der Waals surface area contributed by atoms with Crippen molar-refractivity contribution in [3.05, 3.63) is 65.9 Å². The number of sulfonamides is 1. The second kappa shape index (κ2) is 6.27. The highest BCUT2D eigenvalue weighted by atomic mass is 32.2. The Balaban J connectivity index is 1.85. The zero-order valence-electron chi connectivity index (χ0n) is 11.7. The first kappa shape index (κ1) is 15.3. The zero-order chi connectivity index (χ0) is 16.3. The van der Waals surface area contributed by atoms with Crippen molar-refractivity contribution in [1.29, 1.82) is 0 Å². The van der Waals surface area contributed by atoms with Crippen molar-refractivity contribution < 1.29 is 17.6 Å². The summed E-state index contributed by atoms with van der Waals surface area (Å²) in [6, 6.07) is 12.8. The molecular weight excluding hydrogens is 336 g/mol. The number of thiophene rings is 1. The summed E-state index contributed by atoms with van der Waals surface area (Å²) in [5, 5.41) is 4.30. The molecule has 3 aromatic rings. The number of carbonyl (C=O) groups is 1. The molecule has 8 heteroatoms. The Morgan fingerprint density at radius 2 is 1.78 bits per heavy atom. The number of para-hydroxylation sites is 2. The Bertz CT molecular complexity index is 901. The molecule has 2 heterocycles. The van der Waals surface area contributed by atoms with Crippen LogP contribution in [-0.4, -0.2) is 14.3 Å².